The van der Waals surface area contributed by atoms with Crippen LogP contribution in [0.2, 0.25) is 0 Å². The van der Waals surface area contributed by atoms with Gasteiger partial charge >= 0.3 is 0 Å². The molecule has 0 spiro atoms. The number of halogens is 1. The lowest BCUT2D eigenvalue weighted by Gasteiger charge is -2.32. The van der Waals surface area contributed by atoms with Crippen LogP contribution in [0.15, 0.2) is 42.7 Å². The van der Waals surface area contributed by atoms with E-state index in [1.165, 1.54) is 38.5 Å². The molecule has 0 bridgehead atoms. The number of ether oxygens (including phenoxy) is 1. The Labute approximate surface area is 185 Å². The second kappa shape index (κ2) is 11.7. The van der Waals surface area contributed by atoms with Crippen molar-refractivity contribution in [3.63, 3.8) is 0 Å². The van der Waals surface area contributed by atoms with Crippen molar-refractivity contribution in [3.8, 4) is 11.5 Å². The highest BCUT2D eigenvalue weighted by Gasteiger charge is 2.18. The van der Waals surface area contributed by atoms with E-state index in [0.29, 0.717) is 17.7 Å². The Morgan fingerprint density at radius 1 is 1.10 bits per heavy atom. The van der Waals surface area contributed by atoms with Gasteiger partial charge in [-0.2, -0.15) is 0 Å². The number of hydrogen-bond acceptors (Lipinski definition) is 4. The molecule has 0 radical (unpaired) electrons. The third-order valence-electron chi connectivity index (χ3n) is 6.13. The molecule has 2 fully saturated rings. The highest BCUT2D eigenvalue weighted by atomic mass is 19.1. The minimum absolute atomic E-state index is 0.245. The summed E-state index contributed by atoms with van der Waals surface area (Å²) < 4.78 is 19.8. The lowest BCUT2D eigenvalue weighted by Crippen LogP contribution is -2.34. The number of aromatic nitrogens is 1. The number of nitrogens with zero attached hydrogens (tertiary/aromatic N) is 3. The van der Waals surface area contributed by atoms with Crippen molar-refractivity contribution in [2.75, 3.05) is 25.0 Å². The molecule has 1 aliphatic carbocycles. The number of piperidine rings is 1. The molecule has 1 saturated carbocycles. The lowest BCUT2D eigenvalue weighted by atomic mass is 9.95. The fraction of sp³-hybridized carbons (Fsp3) is 0.520. The van der Waals surface area contributed by atoms with E-state index in [1.54, 1.807) is 41.6 Å². The lowest BCUT2D eigenvalue weighted by molar-refractivity contribution is -0.119. The molecule has 6 heteroatoms. The van der Waals surface area contributed by atoms with Crippen LogP contribution in [-0.4, -0.2) is 42.5 Å². The van der Waals surface area contributed by atoms with Gasteiger partial charge in [0.2, 0.25) is 6.41 Å². The van der Waals surface area contributed by atoms with Crippen LogP contribution in [0.1, 0.15) is 51.9 Å². The van der Waals surface area contributed by atoms with Gasteiger partial charge in [-0.25, -0.2) is 4.39 Å². The van der Waals surface area contributed by atoms with Crippen molar-refractivity contribution in [1.29, 1.82) is 0 Å². The maximum atomic E-state index is 14.2. The van der Waals surface area contributed by atoms with Gasteiger partial charge in [-0.05, 0) is 55.9 Å². The van der Waals surface area contributed by atoms with Crippen molar-refractivity contribution < 1.29 is 13.9 Å². The molecule has 1 atom stereocenters. The summed E-state index contributed by atoms with van der Waals surface area (Å²) in [5, 5.41) is 0. The second-order valence-corrected chi connectivity index (χ2v) is 8.66. The fourth-order valence-corrected chi connectivity index (χ4v) is 4.30. The van der Waals surface area contributed by atoms with E-state index in [9.17, 15) is 9.18 Å². The van der Waals surface area contributed by atoms with Gasteiger partial charge in [0.05, 0.1) is 0 Å². The van der Waals surface area contributed by atoms with Crippen LogP contribution in [0, 0.1) is 11.7 Å². The first kappa shape index (κ1) is 23.0. The molecule has 1 amide bonds. The van der Waals surface area contributed by atoms with Crippen LogP contribution < -0.4 is 9.64 Å². The number of benzene rings is 1. The van der Waals surface area contributed by atoms with Crippen LogP contribution in [-0.2, 0) is 4.79 Å². The van der Waals surface area contributed by atoms with E-state index in [2.05, 4.69) is 16.8 Å². The summed E-state index contributed by atoms with van der Waals surface area (Å²) in [5.74, 6) is 1.16. The Hall–Kier alpha value is -2.63. The van der Waals surface area contributed by atoms with Crippen molar-refractivity contribution in [2.45, 2.75) is 57.9 Å². The molecule has 2 aliphatic rings. The Bertz CT molecular complexity index is 812. The zero-order chi connectivity index (χ0) is 22.1. The number of amides is 1. The summed E-state index contributed by atoms with van der Waals surface area (Å²) in [6, 6.07) is 9.14. The third kappa shape index (κ3) is 6.94. The molecule has 1 aromatic heterocycles. The minimum Gasteiger partial charge on any atom is -0.454 e. The fourth-order valence-electron chi connectivity index (χ4n) is 4.30. The monoisotopic (exact) mass is 427 g/mol. The van der Waals surface area contributed by atoms with Crippen LogP contribution >= 0.6 is 0 Å². The van der Waals surface area contributed by atoms with Gasteiger partial charge in [-0.15, -0.1) is 0 Å². The van der Waals surface area contributed by atoms with E-state index in [0.717, 1.165) is 31.6 Å². The summed E-state index contributed by atoms with van der Waals surface area (Å²) >= 11 is 0. The van der Waals surface area contributed by atoms with Crippen LogP contribution in [0.25, 0.3) is 0 Å². The third-order valence-corrected chi connectivity index (χ3v) is 6.13. The summed E-state index contributed by atoms with van der Waals surface area (Å²) in [6.07, 6.45) is 12.9. The summed E-state index contributed by atoms with van der Waals surface area (Å²) in [7, 11) is 1.88. The van der Waals surface area contributed by atoms with E-state index in [1.807, 2.05) is 13.1 Å². The summed E-state index contributed by atoms with van der Waals surface area (Å²) in [6.45, 7) is 4.22. The molecule has 0 N–H and O–H groups in total. The molecule has 2 heterocycles. The quantitative estimate of drug-likeness (QED) is 0.578. The number of pyridine rings is 1. The van der Waals surface area contributed by atoms with Crippen molar-refractivity contribution >= 4 is 12.1 Å². The van der Waals surface area contributed by atoms with Crippen LogP contribution in [0.4, 0.5) is 10.1 Å². The van der Waals surface area contributed by atoms with Gasteiger partial charge in [0.1, 0.15) is 5.75 Å². The standard InChI is InChI=1S/C17H19FN2O.C8H15NO/c1-13-3-2-10-20(12-13)14-4-5-17(16(18)11-14)21-15-6-8-19-9-7-15;1-9(7-10)8-5-3-2-4-6-8/h4-9,11,13H,2-3,10,12H2,1H3;7-8H,2-6H2,1H3. The predicted molar refractivity (Wildman–Crippen MR) is 122 cm³/mol. The van der Waals surface area contributed by atoms with Gasteiger partial charge < -0.3 is 14.5 Å². The summed E-state index contributed by atoms with van der Waals surface area (Å²) in [5.41, 5.74) is 0.932. The first-order valence-corrected chi connectivity index (χ1v) is 11.4. The van der Waals surface area contributed by atoms with Gasteiger partial charge in [-0.1, -0.05) is 26.2 Å². The van der Waals surface area contributed by atoms with Gasteiger partial charge in [0, 0.05) is 50.3 Å². The molecule has 2 aromatic rings. The maximum Gasteiger partial charge on any atom is 0.209 e. The smallest absolute Gasteiger partial charge is 0.209 e. The molecular formula is C25H34FN3O2. The van der Waals surface area contributed by atoms with Crippen molar-refractivity contribution in [3.05, 3.63) is 48.5 Å². The van der Waals surface area contributed by atoms with Crippen LogP contribution in [0.5, 0.6) is 11.5 Å². The zero-order valence-corrected chi connectivity index (χ0v) is 18.7. The number of hydrogen-bond donors (Lipinski definition) is 0. The normalized spacial score (nSPS) is 19.2. The number of anilines is 1. The first-order valence-electron chi connectivity index (χ1n) is 11.4. The molecule has 31 heavy (non-hydrogen) atoms. The average Bonchev–Trinajstić information content (AvgIpc) is 2.81. The summed E-state index contributed by atoms with van der Waals surface area (Å²) in [4.78, 5) is 18.3. The molecule has 1 aromatic carbocycles. The first-order chi connectivity index (χ1) is 15.1. The number of rotatable bonds is 5. The van der Waals surface area contributed by atoms with Gasteiger partial charge in [0.15, 0.2) is 11.6 Å². The molecule has 1 unspecified atom stereocenters. The Balaban J connectivity index is 0.000000229. The van der Waals surface area contributed by atoms with E-state index >= 15 is 0 Å². The number of carbonyl (C=O) groups is 1. The molecule has 5 nitrogen and oxygen atoms in total. The maximum absolute atomic E-state index is 14.2. The molecular weight excluding hydrogens is 393 g/mol. The Kier molecular flexibility index (Phi) is 8.68. The van der Waals surface area contributed by atoms with Gasteiger partial charge in [0.25, 0.3) is 0 Å². The highest BCUT2D eigenvalue weighted by Crippen LogP contribution is 2.30. The second-order valence-electron chi connectivity index (χ2n) is 8.66. The number of carbonyl (C=O) groups excluding carboxylic acids is 1. The zero-order valence-electron chi connectivity index (χ0n) is 18.7. The van der Waals surface area contributed by atoms with Crippen molar-refractivity contribution in [2.24, 2.45) is 5.92 Å². The van der Waals surface area contributed by atoms with E-state index in [4.69, 9.17) is 4.74 Å². The minimum atomic E-state index is -0.331. The molecule has 168 valence electrons. The Morgan fingerprint density at radius 3 is 2.48 bits per heavy atom. The highest BCUT2D eigenvalue weighted by molar-refractivity contribution is 5.51. The predicted octanol–water partition coefficient (Wildman–Crippen LogP) is 5.66. The molecule has 1 saturated heterocycles. The topological polar surface area (TPSA) is 45.7 Å². The molecule has 1 aliphatic heterocycles. The molecule has 4 rings (SSSR count). The van der Waals surface area contributed by atoms with Crippen molar-refractivity contribution in [1.82, 2.24) is 9.88 Å². The average molecular weight is 428 g/mol. The van der Waals surface area contributed by atoms with E-state index in [-0.39, 0.29) is 11.6 Å². The van der Waals surface area contributed by atoms with Gasteiger partial charge in [-0.3, -0.25) is 9.78 Å². The largest absolute Gasteiger partial charge is 0.454 e. The van der Waals surface area contributed by atoms with Crippen LogP contribution in [0.3, 0.4) is 0 Å². The van der Waals surface area contributed by atoms with E-state index < -0.39 is 0 Å². The SMILES string of the molecule is CC1CCCN(c2ccc(Oc3ccncc3)c(F)c2)C1.CN(C=O)C1CCCCC1. The Morgan fingerprint density at radius 2 is 1.84 bits per heavy atom.